The Bertz CT molecular complexity index is 1320. The summed E-state index contributed by atoms with van der Waals surface area (Å²) in [5, 5.41) is 14.8. The highest BCUT2D eigenvalue weighted by Gasteiger charge is 2.36. The van der Waals surface area contributed by atoms with Crippen LogP contribution in [0.25, 0.3) is 11.8 Å². The van der Waals surface area contributed by atoms with Crippen LogP contribution in [0, 0.1) is 34.6 Å². The second-order valence-electron chi connectivity index (χ2n) is 9.69. The minimum Gasteiger partial charge on any atom is -0.446 e. The van der Waals surface area contributed by atoms with E-state index in [0.717, 1.165) is 52.4 Å². The van der Waals surface area contributed by atoms with Gasteiger partial charge in [0.25, 0.3) is 0 Å². The van der Waals surface area contributed by atoms with Crippen LogP contribution in [0.15, 0.2) is 61.3 Å². The maximum absolute atomic E-state index is 11.3. The predicted octanol–water partition coefficient (Wildman–Crippen LogP) is 6.00. The minimum absolute atomic E-state index is 0.277. The van der Waals surface area contributed by atoms with Crippen LogP contribution in [0.4, 0.5) is 11.4 Å². The molecule has 0 spiro atoms. The number of nitrogens with two attached hydrogens (primary N) is 1. The van der Waals surface area contributed by atoms with E-state index < -0.39 is 0 Å². The van der Waals surface area contributed by atoms with Gasteiger partial charge >= 0.3 is 6.02 Å². The molecule has 4 N–H and O–H groups in total. The lowest BCUT2D eigenvalue weighted by atomic mass is 10.0. The van der Waals surface area contributed by atoms with E-state index in [4.69, 9.17) is 5.73 Å². The molecular formula is C31H37N4O+. The number of aliphatic hydroxyl groups is 1. The summed E-state index contributed by atoms with van der Waals surface area (Å²) in [4.78, 5) is 2.03. The van der Waals surface area contributed by atoms with E-state index in [1.807, 2.05) is 15.6 Å². The van der Waals surface area contributed by atoms with Crippen LogP contribution in [-0.2, 0) is 6.54 Å². The van der Waals surface area contributed by atoms with Crippen LogP contribution in [0.1, 0.15) is 44.5 Å². The maximum Gasteiger partial charge on any atom is 0.454 e. The fraction of sp³-hybridized carbons (Fsp3) is 0.258. The van der Waals surface area contributed by atoms with Gasteiger partial charge in [0.15, 0.2) is 0 Å². The average molecular weight is 482 g/mol. The van der Waals surface area contributed by atoms with E-state index in [1.165, 1.54) is 22.3 Å². The number of amidine groups is 1. The van der Waals surface area contributed by atoms with Gasteiger partial charge in [-0.2, -0.15) is 9.48 Å². The molecule has 0 radical (unpaired) electrons. The summed E-state index contributed by atoms with van der Waals surface area (Å²) in [6, 6.07) is 17.2. The Balaban J connectivity index is 1.61. The van der Waals surface area contributed by atoms with Gasteiger partial charge in [0.2, 0.25) is 0 Å². The van der Waals surface area contributed by atoms with Crippen molar-refractivity contribution in [2.75, 3.05) is 18.0 Å². The van der Waals surface area contributed by atoms with Crippen LogP contribution in [0.5, 0.6) is 0 Å². The van der Waals surface area contributed by atoms with Crippen molar-refractivity contribution < 1.29 is 9.68 Å². The zero-order valence-electron chi connectivity index (χ0n) is 22.0. The molecule has 5 heteroatoms. The lowest BCUT2D eigenvalue weighted by Gasteiger charge is -2.16. The van der Waals surface area contributed by atoms with Gasteiger partial charge in [-0.05, 0) is 85.7 Å². The van der Waals surface area contributed by atoms with E-state index in [2.05, 4.69) is 95.0 Å². The Kier molecular flexibility index (Phi) is 7.20. The van der Waals surface area contributed by atoms with E-state index in [1.54, 1.807) is 6.20 Å². The molecular weight excluding hydrogens is 444 g/mol. The maximum atomic E-state index is 11.3. The largest absolute Gasteiger partial charge is 0.454 e. The second kappa shape index (κ2) is 10.3. The number of nitrogens with zero attached hydrogens (tertiary/aromatic N) is 2. The monoisotopic (exact) mass is 481 g/mol. The first-order valence-electron chi connectivity index (χ1n) is 12.4. The summed E-state index contributed by atoms with van der Waals surface area (Å²) in [5.74, 6) is 0. The third kappa shape index (κ3) is 4.87. The smallest absolute Gasteiger partial charge is 0.446 e. The first-order valence-corrected chi connectivity index (χ1v) is 12.4. The van der Waals surface area contributed by atoms with Crippen molar-refractivity contribution in [3.8, 4) is 0 Å². The van der Waals surface area contributed by atoms with Crippen LogP contribution >= 0.6 is 0 Å². The molecule has 0 amide bonds. The third-order valence-electron chi connectivity index (χ3n) is 6.87. The zero-order valence-corrected chi connectivity index (χ0v) is 22.0. The summed E-state index contributed by atoms with van der Waals surface area (Å²) in [6.07, 6.45) is 3.46. The highest BCUT2D eigenvalue weighted by atomic mass is 16.3. The Morgan fingerprint density at radius 3 is 2.17 bits per heavy atom. The molecule has 0 saturated heterocycles. The lowest BCUT2D eigenvalue weighted by Crippen LogP contribution is -2.29. The molecule has 0 atom stereocenters. The quantitative estimate of drug-likeness (QED) is 0.362. The molecule has 3 aromatic carbocycles. The molecule has 0 unspecified atom stereocenters. The van der Waals surface area contributed by atoms with Crippen LogP contribution in [0.2, 0.25) is 0 Å². The van der Waals surface area contributed by atoms with Crippen molar-refractivity contribution in [2.24, 2.45) is 5.73 Å². The van der Waals surface area contributed by atoms with E-state index in [-0.39, 0.29) is 6.02 Å². The number of nitrogens with one attached hydrogen (secondary N) is 1. The Labute approximate surface area is 214 Å². The first-order chi connectivity index (χ1) is 17.2. The molecule has 0 fully saturated rings. The molecule has 1 heterocycles. The van der Waals surface area contributed by atoms with Crippen LogP contribution in [0.3, 0.4) is 0 Å². The van der Waals surface area contributed by atoms with Gasteiger partial charge in [0, 0.05) is 12.7 Å². The third-order valence-corrected chi connectivity index (χ3v) is 6.87. The number of rotatable bonds is 7. The number of aliphatic hydroxyl groups excluding tert-OH is 1. The van der Waals surface area contributed by atoms with Gasteiger partial charge in [-0.1, -0.05) is 54.6 Å². The first kappa shape index (κ1) is 25.1. The Hall–Kier alpha value is -3.99. The minimum atomic E-state index is 0.277. The molecule has 4 rings (SSSR count). The van der Waals surface area contributed by atoms with Gasteiger partial charge < -0.3 is 16.2 Å². The number of hydrogen-bond donors (Lipinski definition) is 3. The van der Waals surface area contributed by atoms with Gasteiger partial charge in [0.1, 0.15) is 24.5 Å². The van der Waals surface area contributed by atoms with Crippen LogP contribution < -0.4 is 16.0 Å². The SMILES string of the molecule is C=Cc1ccc(CN/C(=C\N)c2cc(C)c([N+]3=C(O)N(c4c(C)cc(C)cc4C)CC3)c(C)c2)cc1. The van der Waals surface area contributed by atoms with Crippen molar-refractivity contribution >= 4 is 29.2 Å². The second-order valence-corrected chi connectivity index (χ2v) is 9.69. The van der Waals surface area contributed by atoms with Crippen molar-refractivity contribution in [1.82, 2.24) is 5.32 Å². The number of aryl methyl sites for hydroxylation is 5. The topological polar surface area (TPSA) is 64.5 Å². The van der Waals surface area contributed by atoms with Crippen molar-refractivity contribution in [2.45, 2.75) is 41.2 Å². The summed E-state index contributed by atoms with van der Waals surface area (Å²) in [6.45, 7) is 16.4. The summed E-state index contributed by atoms with van der Waals surface area (Å²) in [5.41, 5.74) is 18.1. The summed E-state index contributed by atoms with van der Waals surface area (Å²) in [7, 11) is 0. The number of anilines is 1. The fourth-order valence-corrected chi connectivity index (χ4v) is 5.33. The number of benzene rings is 3. The molecule has 3 aromatic rings. The van der Waals surface area contributed by atoms with Crippen molar-refractivity contribution in [1.29, 1.82) is 0 Å². The molecule has 0 aromatic heterocycles. The highest BCUT2D eigenvalue weighted by molar-refractivity contribution is 5.91. The summed E-state index contributed by atoms with van der Waals surface area (Å²) >= 11 is 0. The molecule has 5 nitrogen and oxygen atoms in total. The van der Waals surface area contributed by atoms with Crippen molar-refractivity contribution in [3.63, 3.8) is 0 Å². The summed E-state index contributed by atoms with van der Waals surface area (Å²) < 4.78 is 2.02. The highest BCUT2D eigenvalue weighted by Crippen LogP contribution is 2.32. The van der Waals surface area contributed by atoms with E-state index >= 15 is 0 Å². The molecule has 0 aliphatic carbocycles. The van der Waals surface area contributed by atoms with Gasteiger partial charge in [0.05, 0.1) is 5.70 Å². The lowest BCUT2D eigenvalue weighted by molar-refractivity contribution is -0.438. The Morgan fingerprint density at radius 2 is 1.61 bits per heavy atom. The molecule has 1 aliphatic rings. The van der Waals surface area contributed by atoms with E-state index in [0.29, 0.717) is 6.54 Å². The normalized spacial score (nSPS) is 13.9. The standard InChI is InChI=1S/C31H36N4O/c1-7-25-8-10-26(11-9-25)19-33-28(18-32)27-16-23(5)30(24(6)17-27)35-13-12-34(31(35)36)29-21(3)14-20(2)15-22(29)4/h7-11,14-18,33H,1,12-13,19,32H2,2-6H3/p+1/b28-18-. The number of hydrogen-bond acceptors (Lipinski definition) is 3. The molecule has 36 heavy (non-hydrogen) atoms. The van der Waals surface area contributed by atoms with E-state index in [9.17, 15) is 5.11 Å². The average Bonchev–Trinajstić information content (AvgIpc) is 3.19. The molecule has 186 valence electrons. The zero-order chi connectivity index (χ0) is 26.0. The van der Waals surface area contributed by atoms with Crippen molar-refractivity contribution in [3.05, 3.63) is 106 Å². The molecule has 0 saturated carbocycles. The van der Waals surface area contributed by atoms with Gasteiger partial charge in [-0.25, -0.2) is 0 Å². The van der Waals surface area contributed by atoms with Gasteiger partial charge in [-0.3, -0.25) is 0 Å². The van der Waals surface area contributed by atoms with Gasteiger partial charge in [-0.15, -0.1) is 0 Å². The van der Waals surface area contributed by atoms with Crippen LogP contribution in [-0.4, -0.2) is 28.8 Å². The molecule has 1 aliphatic heterocycles. The predicted molar refractivity (Wildman–Crippen MR) is 152 cm³/mol. The molecule has 0 bridgehead atoms. The Morgan fingerprint density at radius 1 is 1.00 bits per heavy atom. The fourth-order valence-electron chi connectivity index (χ4n) is 5.33.